The number of carboxylic acids is 1. The van der Waals surface area contributed by atoms with Crippen molar-refractivity contribution in [2.24, 2.45) is 5.92 Å². The van der Waals surface area contributed by atoms with E-state index in [1.54, 1.807) is 61.2 Å². The average molecular weight is 613 g/mol. The van der Waals surface area contributed by atoms with Crippen molar-refractivity contribution in [2.75, 3.05) is 31.8 Å². The minimum Gasteiger partial charge on any atom is -0.494 e. The van der Waals surface area contributed by atoms with Gasteiger partial charge in [-0.1, -0.05) is 39.0 Å². The third-order valence-corrected chi connectivity index (χ3v) is 8.24. The van der Waals surface area contributed by atoms with Crippen molar-refractivity contribution in [3.05, 3.63) is 82.2 Å². The number of fused-ring (bicyclic) bond motifs is 1. The molecule has 3 atom stereocenters. The molecule has 3 aromatic rings. The van der Waals surface area contributed by atoms with Crippen molar-refractivity contribution in [1.29, 1.82) is 0 Å². The van der Waals surface area contributed by atoms with Crippen LogP contribution in [0.25, 0.3) is 0 Å². The van der Waals surface area contributed by atoms with Gasteiger partial charge in [-0.2, -0.15) is 0 Å². The first-order valence-corrected chi connectivity index (χ1v) is 14.8. The molecule has 1 unspecified atom stereocenters. The average Bonchev–Trinajstić information content (AvgIpc) is 3.64. The molecule has 2 heterocycles. The number of carbonyl (C=O) groups is 2. The Morgan fingerprint density at radius 2 is 1.57 bits per heavy atom. The summed E-state index contributed by atoms with van der Waals surface area (Å²) in [5.41, 5.74) is 1.03. The maximum atomic E-state index is 14.7. The van der Waals surface area contributed by atoms with Crippen LogP contribution in [0.2, 0.25) is 0 Å². The zero-order valence-electron chi connectivity index (χ0n) is 24.8. The number of rotatable bonds is 11. The van der Waals surface area contributed by atoms with Crippen molar-refractivity contribution in [1.82, 2.24) is 4.90 Å². The highest BCUT2D eigenvalue weighted by Gasteiger charge is 2.48. The molecular weight excluding hydrogens is 577 g/mol. The lowest BCUT2D eigenvalue weighted by Gasteiger charge is -2.27. The monoisotopic (exact) mass is 612 g/mol. The minimum absolute atomic E-state index is 0.0255. The predicted octanol–water partition coefficient (Wildman–Crippen LogP) is 6.23. The molecule has 0 aliphatic carbocycles. The number of nitrogens with zero attached hydrogens (tertiary/aromatic N) is 1. The Labute approximate surface area is 253 Å². The van der Waals surface area contributed by atoms with Gasteiger partial charge in [0.15, 0.2) is 29.0 Å². The Kier molecular flexibility index (Phi) is 9.33. The first kappa shape index (κ1) is 31.2. The van der Waals surface area contributed by atoms with Gasteiger partial charge in [0.05, 0.1) is 24.8 Å². The summed E-state index contributed by atoms with van der Waals surface area (Å²) in [6.07, 6.45) is 0.877. The highest BCUT2D eigenvalue weighted by atomic mass is 19.2. The molecule has 0 aromatic heterocycles. The molecule has 3 aromatic carbocycles. The molecule has 5 rings (SSSR count). The van der Waals surface area contributed by atoms with Crippen molar-refractivity contribution in [3.8, 4) is 17.2 Å². The number of ether oxygens (including phenoxy) is 3. The van der Waals surface area contributed by atoms with Crippen LogP contribution in [0, 0.1) is 23.4 Å². The Hall–Kier alpha value is -4.25. The summed E-state index contributed by atoms with van der Waals surface area (Å²) in [4.78, 5) is 28.2. The molecule has 2 aliphatic rings. The number of likely N-dealkylation sites (tertiary alicyclic amines) is 1. The number of anilines is 1. The summed E-state index contributed by atoms with van der Waals surface area (Å²) in [7, 11) is 0. The Balaban J connectivity index is 1.50. The van der Waals surface area contributed by atoms with E-state index in [0.29, 0.717) is 35.0 Å². The smallest absolute Gasteiger partial charge is 0.309 e. The van der Waals surface area contributed by atoms with Crippen LogP contribution in [-0.2, 0) is 22.4 Å². The van der Waals surface area contributed by atoms with Gasteiger partial charge in [-0.05, 0) is 54.7 Å². The highest BCUT2D eigenvalue weighted by molar-refractivity contribution is 5.94. The van der Waals surface area contributed by atoms with Gasteiger partial charge >= 0.3 is 5.97 Å². The number of carbonyl (C=O) groups excluding carboxylic acids is 1. The second-order valence-electron chi connectivity index (χ2n) is 10.9. The molecule has 1 amide bonds. The van der Waals surface area contributed by atoms with E-state index >= 15 is 0 Å². The van der Waals surface area contributed by atoms with E-state index in [1.165, 1.54) is 0 Å². The van der Waals surface area contributed by atoms with Crippen LogP contribution < -0.4 is 19.5 Å². The summed E-state index contributed by atoms with van der Waals surface area (Å²) in [6.45, 7) is 5.67. The second kappa shape index (κ2) is 13.2. The molecule has 0 saturated carbocycles. The Morgan fingerprint density at radius 3 is 2.18 bits per heavy atom. The van der Waals surface area contributed by atoms with Crippen molar-refractivity contribution in [2.45, 2.75) is 52.0 Å². The van der Waals surface area contributed by atoms with E-state index in [4.69, 9.17) is 14.2 Å². The van der Waals surface area contributed by atoms with Crippen molar-refractivity contribution >= 4 is 17.6 Å². The number of amides is 1. The fraction of sp³-hybridized carbons (Fsp3) is 0.394. The quantitative estimate of drug-likeness (QED) is 0.248. The van der Waals surface area contributed by atoms with Gasteiger partial charge in [-0.3, -0.25) is 14.5 Å². The van der Waals surface area contributed by atoms with Crippen molar-refractivity contribution < 1.29 is 42.1 Å². The first-order chi connectivity index (χ1) is 21.2. The van der Waals surface area contributed by atoms with Crippen LogP contribution in [0.15, 0.2) is 42.5 Å². The summed E-state index contributed by atoms with van der Waals surface area (Å²) in [5, 5.41) is 13.1. The van der Waals surface area contributed by atoms with Gasteiger partial charge in [-0.25, -0.2) is 13.2 Å². The van der Waals surface area contributed by atoms with Gasteiger partial charge < -0.3 is 24.6 Å². The molecule has 2 aliphatic heterocycles. The van der Waals surface area contributed by atoms with Gasteiger partial charge in [0.1, 0.15) is 5.75 Å². The lowest BCUT2D eigenvalue weighted by atomic mass is 9.82. The van der Waals surface area contributed by atoms with Gasteiger partial charge in [0, 0.05) is 29.6 Å². The van der Waals surface area contributed by atoms with Crippen LogP contribution in [0.4, 0.5) is 18.9 Å². The number of benzene rings is 3. The molecule has 1 saturated heterocycles. The topological polar surface area (TPSA) is 97.3 Å². The third kappa shape index (κ3) is 5.93. The molecule has 44 heavy (non-hydrogen) atoms. The molecular formula is C33H35F3N2O6. The van der Waals surface area contributed by atoms with E-state index in [2.05, 4.69) is 5.32 Å². The summed E-state index contributed by atoms with van der Waals surface area (Å²) < 4.78 is 60.3. The predicted molar refractivity (Wildman–Crippen MR) is 157 cm³/mol. The molecule has 0 radical (unpaired) electrons. The maximum Gasteiger partial charge on any atom is 0.309 e. The van der Waals surface area contributed by atoms with Crippen LogP contribution in [0.1, 0.15) is 61.4 Å². The lowest BCUT2D eigenvalue weighted by Crippen LogP contribution is -2.35. The molecule has 2 N–H and O–H groups in total. The molecule has 1 fully saturated rings. The first-order valence-electron chi connectivity index (χ1n) is 14.8. The van der Waals surface area contributed by atoms with Crippen LogP contribution in [-0.4, -0.2) is 48.4 Å². The van der Waals surface area contributed by atoms with Gasteiger partial charge in [0.2, 0.25) is 12.7 Å². The standard InChI is InChI=1S/C33H35F3N2O6/c1-4-13-42-20-10-7-18(8-11-20)32-27(33(40)41)23(19-9-12-24-25(14-19)44-17-43-24)15-38(32)16-26(39)37-31-21(5-2)28(34)30(36)29(35)22(31)6-3/h7-12,14,23,27,32H,4-6,13,15-17H2,1-3H3,(H,37,39)(H,40,41)/t23-,27?,32+/m1/s1. The van der Waals surface area contributed by atoms with Crippen LogP contribution >= 0.6 is 0 Å². The fourth-order valence-electron chi connectivity index (χ4n) is 6.19. The van der Waals surface area contributed by atoms with E-state index in [1.807, 2.05) is 6.92 Å². The van der Waals surface area contributed by atoms with Crippen LogP contribution in [0.5, 0.6) is 17.2 Å². The summed E-state index contributed by atoms with van der Waals surface area (Å²) in [5.74, 6) is -5.68. The number of aliphatic carboxylic acids is 1. The molecule has 8 nitrogen and oxygen atoms in total. The van der Waals surface area contributed by atoms with Crippen molar-refractivity contribution in [3.63, 3.8) is 0 Å². The van der Waals surface area contributed by atoms with E-state index in [0.717, 1.165) is 6.42 Å². The Morgan fingerprint density at radius 1 is 0.932 bits per heavy atom. The van der Waals surface area contributed by atoms with Gasteiger partial charge in [0.25, 0.3) is 0 Å². The minimum atomic E-state index is -1.57. The number of halogens is 3. The fourth-order valence-corrected chi connectivity index (χ4v) is 6.19. The number of carboxylic acid groups (broad SMARTS) is 1. The summed E-state index contributed by atoms with van der Waals surface area (Å²) in [6, 6.07) is 11.7. The highest BCUT2D eigenvalue weighted by Crippen LogP contribution is 2.48. The maximum absolute atomic E-state index is 14.7. The van der Waals surface area contributed by atoms with E-state index < -0.39 is 47.2 Å². The van der Waals surface area contributed by atoms with E-state index in [-0.39, 0.29) is 49.5 Å². The van der Waals surface area contributed by atoms with Gasteiger partial charge in [-0.15, -0.1) is 0 Å². The number of hydrogen-bond acceptors (Lipinski definition) is 6. The molecule has 11 heteroatoms. The zero-order valence-corrected chi connectivity index (χ0v) is 24.8. The molecule has 0 bridgehead atoms. The normalized spacial score (nSPS) is 19.3. The van der Waals surface area contributed by atoms with E-state index in [9.17, 15) is 27.9 Å². The molecule has 234 valence electrons. The second-order valence-corrected chi connectivity index (χ2v) is 10.9. The largest absolute Gasteiger partial charge is 0.494 e. The SMILES string of the molecule is CCCOc1ccc([C@H]2C(C(=O)O)[C@@H](c3ccc4c(c3)OCO4)CN2CC(=O)Nc2c(CC)c(F)c(F)c(F)c2CC)cc1. The third-order valence-electron chi connectivity index (χ3n) is 8.24. The summed E-state index contributed by atoms with van der Waals surface area (Å²) >= 11 is 0. The Bertz CT molecular complexity index is 1520. The number of hydrogen-bond donors (Lipinski definition) is 2. The van der Waals surface area contributed by atoms with Crippen LogP contribution in [0.3, 0.4) is 0 Å². The number of nitrogens with one attached hydrogen (secondary N) is 1. The lowest BCUT2D eigenvalue weighted by molar-refractivity contribution is -0.143. The molecule has 0 spiro atoms. The zero-order chi connectivity index (χ0) is 31.5.